The molecule has 9 heteroatoms. The molecule has 0 unspecified atom stereocenters. The van der Waals surface area contributed by atoms with E-state index in [0.717, 1.165) is 5.56 Å². The fourth-order valence-corrected chi connectivity index (χ4v) is 4.02. The number of halogens is 2. The van der Waals surface area contributed by atoms with Gasteiger partial charge in [0.1, 0.15) is 5.82 Å². The monoisotopic (exact) mass is 477 g/mol. The molecule has 3 aromatic rings. The van der Waals surface area contributed by atoms with Crippen molar-refractivity contribution in [1.82, 2.24) is 10.3 Å². The molecule has 2 N–H and O–H groups in total. The van der Waals surface area contributed by atoms with Gasteiger partial charge < -0.3 is 5.32 Å². The number of benzene rings is 2. The Balaban J connectivity index is 1.58. The summed E-state index contributed by atoms with van der Waals surface area (Å²) in [5.74, 6) is -0.663. The molecule has 3 rings (SSSR count). The molecule has 150 valence electrons. The third kappa shape index (κ3) is 5.61. The van der Waals surface area contributed by atoms with E-state index in [0.29, 0.717) is 28.7 Å². The molecule has 0 atom stereocenters. The predicted molar refractivity (Wildman–Crippen MR) is 112 cm³/mol. The molecule has 2 aromatic carbocycles. The fourth-order valence-electron chi connectivity index (χ4n) is 2.54. The molecule has 1 aromatic heterocycles. The average molecular weight is 478 g/mol. The molecule has 0 fully saturated rings. The van der Waals surface area contributed by atoms with Crippen molar-refractivity contribution in [2.45, 2.75) is 11.3 Å². The summed E-state index contributed by atoms with van der Waals surface area (Å²) in [5, 5.41) is 2.76. The van der Waals surface area contributed by atoms with E-state index in [9.17, 15) is 17.6 Å². The van der Waals surface area contributed by atoms with Gasteiger partial charge in [0, 0.05) is 24.5 Å². The molecule has 0 aliphatic carbocycles. The molecule has 29 heavy (non-hydrogen) atoms. The highest BCUT2D eigenvalue weighted by Crippen LogP contribution is 2.18. The zero-order valence-corrected chi connectivity index (χ0v) is 17.5. The molecule has 6 nitrogen and oxygen atoms in total. The average Bonchev–Trinajstić information content (AvgIpc) is 2.71. The molecule has 0 bridgehead atoms. The van der Waals surface area contributed by atoms with Crippen LogP contribution in [0, 0.1) is 5.82 Å². The minimum absolute atomic E-state index is 0.0435. The molecule has 0 spiro atoms. The number of aromatic nitrogens is 1. The maximum atomic E-state index is 13.2. The lowest BCUT2D eigenvalue weighted by Gasteiger charge is -2.09. The van der Waals surface area contributed by atoms with E-state index in [-0.39, 0.29) is 16.6 Å². The lowest BCUT2D eigenvalue weighted by molar-refractivity contribution is 0.0954. The van der Waals surface area contributed by atoms with Gasteiger partial charge in [-0.25, -0.2) is 12.8 Å². The van der Waals surface area contributed by atoms with Crippen molar-refractivity contribution in [2.75, 3.05) is 11.3 Å². The van der Waals surface area contributed by atoms with E-state index < -0.39 is 10.0 Å². The topological polar surface area (TPSA) is 88.2 Å². The second kappa shape index (κ2) is 9.15. The van der Waals surface area contributed by atoms with Gasteiger partial charge in [0.25, 0.3) is 15.9 Å². The lowest BCUT2D eigenvalue weighted by atomic mass is 10.1. The molecule has 1 heterocycles. The highest BCUT2D eigenvalue weighted by atomic mass is 79.9. The number of pyridine rings is 1. The molecular formula is C20H17BrFN3O3S. The number of amides is 1. The zero-order valence-electron chi connectivity index (χ0n) is 15.1. The molecule has 0 saturated heterocycles. The minimum Gasteiger partial charge on any atom is -0.352 e. The summed E-state index contributed by atoms with van der Waals surface area (Å²) in [6.07, 6.45) is 3.50. The Morgan fingerprint density at radius 2 is 1.72 bits per heavy atom. The summed E-state index contributed by atoms with van der Waals surface area (Å²) in [7, 11) is -3.76. The first-order valence-electron chi connectivity index (χ1n) is 8.60. The number of hydrogen-bond acceptors (Lipinski definition) is 4. The van der Waals surface area contributed by atoms with E-state index in [4.69, 9.17) is 0 Å². The maximum Gasteiger partial charge on any atom is 0.261 e. The van der Waals surface area contributed by atoms with Crippen molar-refractivity contribution in [1.29, 1.82) is 0 Å². The van der Waals surface area contributed by atoms with Crippen LogP contribution in [0.15, 0.2) is 76.4 Å². The molecular weight excluding hydrogens is 461 g/mol. The Morgan fingerprint density at radius 3 is 2.38 bits per heavy atom. The Kier molecular flexibility index (Phi) is 6.60. The number of hydrogen-bond donors (Lipinski definition) is 2. The van der Waals surface area contributed by atoms with E-state index in [1.165, 1.54) is 42.7 Å². The first-order valence-corrected chi connectivity index (χ1v) is 10.9. The van der Waals surface area contributed by atoms with Crippen LogP contribution in [0.3, 0.4) is 0 Å². The van der Waals surface area contributed by atoms with Gasteiger partial charge in [-0.2, -0.15) is 0 Å². The van der Waals surface area contributed by atoms with Crippen LogP contribution in [0.5, 0.6) is 0 Å². The van der Waals surface area contributed by atoms with E-state index in [1.54, 1.807) is 24.3 Å². The Hall–Kier alpha value is -2.78. The summed E-state index contributed by atoms with van der Waals surface area (Å²) in [4.78, 5) is 16.1. The first kappa shape index (κ1) is 20.9. The number of nitrogens with zero attached hydrogens (tertiary/aromatic N) is 1. The van der Waals surface area contributed by atoms with Crippen LogP contribution < -0.4 is 10.0 Å². The van der Waals surface area contributed by atoms with Gasteiger partial charge in [-0.05, 0) is 76.4 Å². The highest BCUT2D eigenvalue weighted by molar-refractivity contribution is 9.10. The maximum absolute atomic E-state index is 13.2. The van der Waals surface area contributed by atoms with Gasteiger partial charge >= 0.3 is 0 Å². The lowest BCUT2D eigenvalue weighted by Crippen LogP contribution is -2.25. The summed E-state index contributed by atoms with van der Waals surface area (Å²) in [6, 6.07) is 13.4. The number of sulfonamides is 1. The smallest absolute Gasteiger partial charge is 0.261 e. The van der Waals surface area contributed by atoms with Gasteiger partial charge in [-0.15, -0.1) is 0 Å². The summed E-state index contributed by atoms with van der Waals surface area (Å²) >= 11 is 3.13. The van der Waals surface area contributed by atoms with Crippen LogP contribution in [-0.4, -0.2) is 25.9 Å². The molecule has 0 aliphatic rings. The number of carbonyl (C=O) groups excluding carboxylic acids is 1. The Morgan fingerprint density at radius 1 is 1.03 bits per heavy atom. The number of anilines is 1. The normalized spacial score (nSPS) is 11.1. The van der Waals surface area contributed by atoms with Crippen LogP contribution in [0.2, 0.25) is 0 Å². The molecule has 0 saturated carbocycles. The molecule has 0 radical (unpaired) electrons. The van der Waals surface area contributed by atoms with Gasteiger partial charge in [-0.1, -0.05) is 6.07 Å². The third-order valence-corrected chi connectivity index (χ3v) is 6.05. The number of rotatable bonds is 7. The van der Waals surface area contributed by atoms with E-state index in [2.05, 4.69) is 31.0 Å². The van der Waals surface area contributed by atoms with Gasteiger partial charge in [-0.3, -0.25) is 14.5 Å². The van der Waals surface area contributed by atoms with Crippen molar-refractivity contribution in [3.05, 3.63) is 88.4 Å². The van der Waals surface area contributed by atoms with Crippen LogP contribution in [-0.2, 0) is 16.4 Å². The Labute approximate surface area is 176 Å². The predicted octanol–water partition coefficient (Wildman–Crippen LogP) is 3.76. The fraction of sp³-hybridized carbons (Fsp3) is 0.100. The van der Waals surface area contributed by atoms with Crippen LogP contribution >= 0.6 is 15.9 Å². The standard InChI is InChI=1S/C20H17BrFN3O3S/c21-18-13-14(1-6-19(18)22)7-12-24-20(26)15-2-4-17(5-3-15)29(27,28)25-16-8-10-23-11-9-16/h1-6,8-11,13H,7,12H2,(H,23,25)(H,24,26). The zero-order chi connectivity index (χ0) is 20.9. The second-order valence-corrected chi connectivity index (χ2v) is 8.66. The van der Waals surface area contributed by atoms with Gasteiger partial charge in [0.15, 0.2) is 0 Å². The highest BCUT2D eigenvalue weighted by Gasteiger charge is 2.15. The minimum atomic E-state index is -3.76. The Bertz CT molecular complexity index is 1110. The second-order valence-electron chi connectivity index (χ2n) is 6.12. The summed E-state index contributed by atoms with van der Waals surface area (Å²) < 4.78 is 40.9. The summed E-state index contributed by atoms with van der Waals surface area (Å²) in [6.45, 7) is 0.362. The quantitative estimate of drug-likeness (QED) is 0.542. The van der Waals surface area contributed by atoms with Gasteiger partial charge in [0.05, 0.1) is 15.1 Å². The van der Waals surface area contributed by atoms with Gasteiger partial charge in [0.2, 0.25) is 0 Å². The third-order valence-electron chi connectivity index (χ3n) is 4.04. The van der Waals surface area contributed by atoms with Crippen LogP contribution in [0.25, 0.3) is 0 Å². The van der Waals surface area contributed by atoms with Crippen LogP contribution in [0.4, 0.5) is 10.1 Å². The number of nitrogens with one attached hydrogen (secondary N) is 2. The molecule has 1 amide bonds. The van der Waals surface area contributed by atoms with Crippen molar-refractivity contribution in [2.24, 2.45) is 0 Å². The number of carbonyl (C=O) groups is 1. The summed E-state index contributed by atoms with van der Waals surface area (Å²) in [5.41, 5.74) is 1.62. The van der Waals surface area contributed by atoms with Crippen molar-refractivity contribution in [3.8, 4) is 0 Å². The van der Waals surface area contributed by atoms with Crippen molar-refractivity contribution >= 4 is 37.5 Å². The SMILES string of the molecule is O=C(NCCc1ccc(F)c(Br)c1)c1ccc(S(=O)(=O)Nc2ccncc2)cc1. The largest absolute Gasteiger partial charge is 0.352 e. The van der Waals surface area contributed by atoms with Crippen molar-refractivity contribution in [3.63, 3.8) is 0 Å². The van der Waals surface area contributed by atoms with Crippen molar-refractivity contribution < 1.29 is 17.6 Å². The first-order chi connectivity index (χ1) is 13.8. The molecule has 0 aliphatic heterocycles. The van der Waals surface area contributed by atoms with E-state index in [1.807, 2.05) is 0 Å². The van der Waals surface area contributed by atoms with E-state index >= 15 is 0 Å². The van der Waals surface area contributed by atoms with Crippen LogP contribution in [0.1, 0.15) is 15.9 Å².